The topological polar surface area (TPSA) is 72.5 Å². The van der Waals surface area contributed by atoms with Crippen LogP contribution in [0, 0.1) is 5.82 Å². The normalized spacial score (nSPS) is 10.2. The summed E-state index contributed by atoms with van der Waals surface area (Å²) >= 11 is 5.72. The van der Waals surface area contributed by atoms with Crippen molar-refractivity contribution in [2.45, 2.75) is 13.0 Å². The van der Waals surface area contributed by atoms with Gasteiger partial charge in [-0.25, -0.2) is 4.39 Å². The maximum atomic E-state index is 13.2. The Morgan fingerprint density at radius 1 is 1.12 bits per heavy atom. The summed E-state index contributed by atoms with van der Waals surface area (Å²) in [6, 6.07) is 15.3. The fourth-order valence-electron chi connectivity index (χ4n) is 2.85. The summed E-state index contributed by atoms with van der Waals surface area (Å²) in [7, 11) is 1.54. The van der Waals surface area contributed by atoms with E-state index in [2.05, 4.69) is 15.6 Å². The standard InChI is InChI=1S/C23H23ClFN3O3.ClH/c1-30-22-12-16(14-26-11-9-17-4-2-3-10-27-17)5-8-21(22)31-15-23(29)28-18-6-7-20(25)19(24)13-18;/h2-8,10,12-13,26H,9,11,14-15H2,1H3,(H,28,29);1H. The Labute approximate surface area is 197 Å². The first-order chi connectivity index (χ1) is 15.0. The van der Waals surface area contributed by atoms with E-state index in [1.165, 1.54) is 18.2 Å². The van der Waals surface area contributed by atoms with Gasteiger partial charge in [0.15, 0.2) is 18.1 Å². The molecule has 2 aromatic carbocycles. The van der Waals surface area contributed by atoms with Crippen molar-refractivity contribution in [2.75, 3.05) is 25.6 Å². The second-order valence-electron chi connectivity index (χ2n) is 6.70. The number of carbonyl (C=O) groups excluding carboxylic acids is 1. The highest BCUT2D eigenvalue weighted by Gasteiger charge is 2.10. The van der Waals surface area contributed by atoms with Gasteiger partial charge in [0.1, 0.15) is 5.82 Å². The van der Waals surface area contributed by atoms with Gasteiger partial charge in [0.25, 0.3) is 5.91 Å². The molecular weight excluding hydrogens is 456 g/mol. The number of anilines is 1. The molecule has 0 fully saturated rings. The van der Waals surface area contributed by atoms with Gasteiger partial charge in [0, 0.05) is 37.1 Å². The minimum atomic E-state index is -0.549. The van der Waals surface area contributed by atoms with Gasteiger partial charge >= 0.3 is 0 Å². The van der Waals surface area contributed by atoms with Crippen molar-refractivity contribution in [3.05, 3.63) is 82.9 Å². The van der Waals surface area contributed by atoms with Crippen LogP contribution >= 0.6 is 24.0 Å². The van der Waals surface area contributed by atoms with Crippen LogP contribution in [0.2, 0.25) is 5.02 Å². The van der Waals surface area contributed by atoms with E-state index in [0.717, 1.165) is 24.2 Å². The monoisotopic (exact) mass is 479 g/mol. The molecule has 0 saturated carbocycles. The summed E-state index contributed by atoms with van der Waals surface area (Å²) < 4.78 is 24.2. The van der Waals surface area contributed by atoms with E-state index < -0.39 is 11.7 Å². The molecular formula is C23H24Cl2FN3O3. The molecule has 3 rings (SSSR count). The quantitative estimate of drug-likeness (QED) is 0.414. The van der Waals surface area contributed by atoms with E-state index in [0.29, 0.717) is 23.7 Å². The Balaban J connectivity index is 0.00000363. The number of hydrogen-bond donors (Lipinski definition) is 2. The van der Waals surface area contributed by atoms with E-state index in [1.807, 2.05) is 30.3 Å². The van der Waals surface area contributed by atoms with Crippen LogP contribution in [-0.2, 0) is 17.8 Å². The van der Waals surface area contributed by atoms with Crippen LogP contribution in [0.1, 0.15) is 11.3 Å². The molecule has 0 bridgehead atoms. The average molecular weight is 480 g/mol. The third-order valence-corrected chi connectivity index (χ3v) is 4.69. The molecule has 1 heterocycles. The Morgan fingerprint density at radius 3 is 2.69 bits per heavy atom. The van der Waals surface area contributed by atoms with E-state index in [9.17, 15) is 9.18 Å². The second-order valence-corrected chi connectivity index (χ2v) is 7.11. The van der Waals surface area contributed by atoms with Gasteiger partial charge in [0.05, 0.1) is 12.1 Å². The van der Waals surface area contributed by atoms with Gasteiger partial charge in [-0.05, 0) is 48.0 Å². The van der Waals surface area contributed by atoms with Gasteiger partial charge < -0.3 is 20.1 Å². The summed E-state index contributed by atoms with van der Waals surface area (Å²) in [5.74, 6) is 0.0330. The van der Waals surface area contributed by atoms with E-state index >= 15 is 0 Å². The molecule has 0 aliphatic carbocycles. The maximum Gasteiger partial charge on any atom is 0.262 e. The zero-order valence-corrected chi connectivity index (χ0v) is 19.0. The molecule has 32 heavy (non-hydrogen) atoms. The molecule has 6 nitrogen and oxygen atoms in total. The Hall–Kier alpha value is -2.87. The first kappa shape index (κ1) is 25.4. The number of amides is 1. The molecule has 0 unspecified atom stereocenters. The number of nitrogens with zero attached hydrogens (tertiary/aromatic N) is 1. The molecule has 0 aliphatic heterocycles. The van der Waals surface area contributed by atoms with Crippen molar-refractivity contribution in [2.24, 2.45) is 0 Å². The van der Waals surface area contributed by atoms with Gasteiger partial charge in [-0.1, -0.05) is 23.7 Å². The summed E-state index contributed by atoms with van der Waals surface area (Å²) in [6.07, 6.45) is 2.63. The number of halogens is 3. The molecule has 3 aromatic rings. The largest absolute Gasteiger partial charge is 0.493 e. The maximum absolute atomic E-state index is 13.2. The lowest BCUT2D eigenvalue weighted by Gasteiger charge is -2.13. The molecule has 1 aromatic heterocycles. The van der Waals surface area contributed by atoms with Crippen molar-refractivity contribution < 1.29 is 18.7 Å². The second kappa shape index (κ2) is 12.9. The van der Waals surface area contributed by atoms with Gasteiger partial charge in [-0.15, -0.1) is 12.4 Å². The predicted molar refractivity (Wildman–Crippen MR) is 125 cm³/mol. The van der Waals surface area contributed by atoms with Crippen LogP contribution < -0.4 is 20.1 Å². The predicted octanol–water partition coefficient (Wildman–Crippen LogP) is 4.65. The average Bonchev–Trinajstić information content (AvgIpc) is 2.79. The highest BCUT2D eigenvalue weighted by Crippen LogP contribution is 2.28. The summed E-state index contributed by atoms with van der Waals surface area (Å²) in [5.41, 5.74) is 2.45. The molecule has 0 radical (unpaired) electrons. The van der Waals surface area contributed by atoms with Crippen LogP contribution in [0.15, 0.2) is 60.8 Å². The van der Waals surface area contributed by atoms with Crippen LogP contribution in [0.5, 0.6) is 11.5 Å². The lowest BCUT2D eigenvalue weighted by Crippen LogP contribution is -2.20. The zero-order valence-electron chi connectivity index (χ0n) is 17.4. The van der Waals surface area contributed by atoms with E-state index in [1.54, 1.807) is 19.4 Å². The molecule has 1 amide bonds. The molecule has 0 atom stereocenters. The molecule has 0 saturated heterocycles. The first-order valence-corrected chi connectivity index (χ1v) is 10.1. The van der Waals surface area contributed by atoms with Crippen molar-refractivity contribution in [3.63, 3.8) is 0 Å². The smallest absolute Gasteiger partial charge is 0.262 e. The molecule has 9 heteroatoms. The van der Waals surface area contributed by atoms with Gasteiger partial charge in [-0.3, -0.25) is 9.78 Å². The van der Waals surface area contributed by atoms with Gasteiger partial charge in [0.2, 0.25) is 0 Å². The minimum Gasteiger partial charge on any atom is -0.493 e. The number of benzene rings is 2. The fraction of sp³-hybridized carbons (Fsp3) is 0.217. The van der Waals surface area contributed by atoms with Crippen molar-refractivity contribution in [1.82, 2.24) is 10.3 Å². The van der Waals surface area contributed by atoms with Crippen LogP contribution in [0.3, 0.4) is 0 Å². The SMILES string of the molecule is COc1cc(CNCCc2ccccn2)ccc1OCC(=O)Nc1ccc(F)c(Cl)c1.Cl. The minimum absolute atomic E-state index is 0. The Kier molecular flexibility index (Phi) is 10.2. The van der Waals surface area contributed by atoms with E-state index in [-0.39, 0.29) is 24.0 Å². The summed E-state index contributed by atoms with van der Waals surface area (Å²) in [4.78, 5) is 16.4. The number of carbonyl (C=O) groups is 1. The van der Waals surface area contributed by atoms with Crippen LogP contribution in [-0.4, -0.2) is 31.2 Å². The van der Waals surface area contributed by atoms with Crippen molar-refractivity contribution in [1.29, 1.82) is 0 Å². The highest BCUT2D eigenvalue weighted by molar-refractivity contribution is 6.31. The number of pyridine rings is 1. The summed E-state index contributed by atoms with van der Waals surface area (Å²) in [5, 5.41) is 5.91. The van der Waals surface area contributed by atoms with E-state index in [4.69, 9.17) is 21.1 Å². The zero-order chi connectivity index (χ0) is 22.1. The number of aromatic nitrogens is 1. The fourth-order valence-corrected chi connectivity index (χ4v) is 3.03. The highest BCUT2D eigenvalue weighted by atomic mass is 35.5. The molecule has 2 N–H and O–H groups in total. The molecule has 0 aliphatic rings. The molecule has 0 spiro atoms. The van der Waals surface area contributed by atoms with Crippen LogP contribution in [0.25, 0.3) is 0 Å². The van der Waals surface area contributed by atoms with Crippen molar-refractivity contribution in [3.8, 4) is 11.5 Å². The molecule has 170 valence electrons. The number of rotatable bonds is 10. The Morgan fingerprint density at radius 2 is 1.97 bits per heavy atom. The number of nitrogens with one attached hydrogen (secondary N) is 2. The third kappa shape index (κ3) is 7.67. The Bertz CT molecular complexity index is 1020. The van der Waals surface area contributed by atoms with Crippen molar-refractivity contribution >= 4 is 35.6 Å². The first-order valence-electron chi connectivity index (χ1n) is 9.70. The lowest BCUT2D eigenvalue weighted by atomic mass is 10.2. The lowest BCUT2D eigenvalue weighted by molar-refractivity contribution is -0.118. The third-order valence-electron chi connectivity index (χ3n) is 4.40. The van der Waals surface area contributed by atoms with Crippen LogP contribution in [0.4, 0.5) is 10.1 Å². The summed E-state index contributed by atoms with van der Waals surface area (Å²) in [6.45, 7) is 1.23. The van der Waals surface area contributed by atoms with Gasteiger partial charge in [-0.2, -0.15) is 0 Å². The number of hydrogen-bond acceptors (Lipinski definition) is 5. The number of methoxy groups -OCH3 is 1. The number of ether oxygens (including phenoxy) is 2.